The predicted octanol–water partition coefficient (Wildman–Crippen LogP) is 5.87. The summed E-state index contributed by atoms with van der Waals surface area (Å²) in [6.45, 7) is 0. The van der Waals surface area contributed by atoms with E-state index < -0.39 is 0 Å². The number of carbonyl (C=O) groups excluding carboxylic acids is 2. The summed E-state index contributed by atoms with van der Waals surface area (Å²) >= 11 is 3.43. The maximum absolute atomic E-state index is 13.6. The predicted molar refractivity (Wildman–Crippen MR) is 129 cm³/mol. The highest BCUT2D eigenvalue weighted by Gasteiger charge is 2.62. The van der Waals surface area contributed by atoms with E-state index in [1.165, 1.54) is 10.5 Å². The molecule has 0 unspecified atom stereocenters. The summed E-state index contributed by atoms with van der Waals surface area (Å²) < 4.78 is 0.919. The Kier molecular flexibility index (Phi) is 4.51. The van der Waals surface area contributed by atoms with Gasteiger partial charge in [0.1, 0.15) is 0 Å². The van der Waals surface area contributed by atoms with Gasteiger partial charge in [0.05, 0.1) is 17.5 Å². The van der Waals surface area contributed by atoms with Crippen LogP contribution in [0.25, 0.3) is 5.57 Å². The van der Waals surface area contributed by atoms with Crippen LogP contribution in [0.3, 0.4) is 0 Å². The highest BCUT2D eigenvalue weighted by atomic mass is 79.9. The van der Waals surface area contributed by atoms with Gasteiger partial charge in [-0.05, 0) is 46.5 Å². The minimum absolute atomic E-state index is 0.0580. The van der Waals surface area contributed by atoms with Crippen molar-refractivity contribution >= 4 is 39.0 Å². The van der Waals surface area contributed by atoms with Gasteiger partial charge in [0.15, 0.2) is 0 Å². The van der Waals surface area contributed by atoms with E-state index >= 15 is 0 Å². The second-order valence-electron chi connectivity index (χ2n) is 8.54. The molecule has 4 atom stereocenters. The zero-order valence-corrected chi connectivity index (χ0v) is 18.8. The fraction of sp³-hybridized carbons (Fsp3) is 0.143. The van der Waals surface area contributed by atoms with Gasteiger partial charge in [0.25, 0.3) is 0 Å². The fourth-order valence-electron chi connectivity index (χ4n) is 5.65. The van der Waals surface area contributed by atoms with Crippen LogP contribution in [-0.4, -0.2) is 11.8 Å². The summed E-state index contributed by atoms with van der Waals surface area (Å²) in [5.74, 6) is -0.957. The molecule has 2 aliphatic carbocycles. The van der Waals surface area contributed by atoms with E-state index in [0.717, 1.165) is 21.2 Å². The molecule has 3 aromatic carbocycles. The lowest BCUT2D eigenvalue weighted by atomic mass is 9.85. The van der Waals surface area contributed by atoms with E-state index in [2.05, 4.69) is 52.3 Å². The molecule has 0 N–H and O–H groups in total. The Labute approximate surface area is 195 Å². The summed E-state index contributed by atoms with van der Waals surface area (Å²) in [7, 11) is 0. The monoisotopic (exact) mass is 481 g/mol. The van der Waals surface area contributed by atoms with Crippen molar-refractivity contribution in [1.29, 1.82) is 0 Å². The van der Waals surface area contributed by atoms with Crippen LogP contribution in [0.1, 0.15) is 11.1 Å². The Bertz CT molecular complexity index is 1200. The number of imide groups is 1. The average Bonchev–Trinajstić information content (AvgIpc) is 3.46. The molecule has 2 amide bonds. The number of hydrogen-bond acceptors (Lipinski definition) is 2. The molecule has 1 heterocycles. The minimum atomic E-state index is -0.335. The lowest BCUT2D eigenvalue weighted by molar-refractivity contribution is -0.122. The van der Waals surface area contributed by atoms with Crippen molar-refractivity contribution in [2.24, 2.45) is 23.7 Å². The number of allylic oxidation sites excluding steroid dienone is 3. The molecule has 6 rings (SSSR count). The van der Waals surface area contributed by atoms with Gasteiger partial charge in [-0.1, -0.05) is 88.7 Å². The van der Waals surface area contributed by atoms with Crippen molar-refractivity contribution in [1.82, 2.24) is 0 Å². The first-order valence-electron chi connectivity index (χ1n) is 10.8. The smallest absolute Gasteiger partial charge is 0.238 e. The molecular formula is C28H20BrNO2. The molecule has 1 saturated carbocycles. The third-order valence-electron chi connectivity index (χ3n) is 6.91. The van der Waals surface area contributed by atoms with E-state index in [-0.39, 0.29) is 35.5 Å². The van der Waals surface area contributed by atoms with Crippen molar-refractivity contribution < 1.29 is 9.59 Å². The van der Waals surface area contributed by atoms with Crippen molar-refractivity contribution in [3.63, 3.8) is 0 Å². The molecule has 2 bridgehead atoms. The van der Waals surface area contributed by atoms with E-state index in [4.69, 9.17) is 0 Å². The van der Waals surface area contributed by atoms with E-state index in [1.54, 1.807) is 0 Å². The largest absolute Gasteiger partial charge is 0.274 e. The van der Waals surface area contributed by atoms with Crippen LogP contribution in [0.4, 0.5) is 5.69 Å². The first kappa shape index (κ1) is 19.4. The standard InChI is InChI=1S/C28H20BrNO2/c29-19-11-13-20(14-12-19)30-27(31)25-21-15-16-22(26(25)28(30)32)24(21)23(17-7-3-1-4-8-17)18-9-5-2-6-10-18/h1-16,21-22,25-26H/t21-,22+,25-,26-/m1/s1. The molecule has 0 aromatic heterocycles. The molecule has 2 fully saturated rings. The number of rotatable bonds is 3. The minimum Gasteiger partial charge on any atom is -0.274 e. The molecule has 0 radical (unpaired) electrons. The summed E-state index contributed by atoms with van der Waals surface area (Å²) in [6, 6.07) is 28.0. The van der Waals surface area contributed by atoms with Crippen molar-refractivity contribution in [3.05, 3.63) is 118 Å². The van der Waals surface area contributed by atoms with E-state index in [0.29, 0.717) is 5.69 Å². The third kappa shape index (κ3) is 2.79. The van der Waals surface area contributed by atoms with E-state index in [1.807, 2.05) is 60.7 Å². The van der Waals surface area contributed by atoms with Crippen molar-refractivity contribution in [2.75, 3.05) is 4.90 Å². The summed E-state index contributed by atoms with van der Waals surface area (Å²) in [6.07, 6.45) is 4.28. The van der Waals surface area contributed by atoms with Crippen LogP contribution in [-0.2, 0) is 9.59 Å². The normalized spacial score (nSPS) is 25.5. The zero-order chi connectivity index (χ0) is 21.8. The summed E-state index contributed by atoms with van der Waals surface area (Å²) in [5.41, 5.74) is 5.24. The SMILES string of the molecule is O=C1[C@H]2[C@H](C(=O)N1c1ccc(Br)cc1)[C@H]1C=C[C@@H]2C1=C(c1ccccc1)c1ccccc1. The molecule has 32 heavy (non-hydrogen) atoms. The van der Waals surface area contributed by atoms with Gasteiger partial charge in [-0.25, -0.2) is 4.90 Å². The molecule has 4 heteroatoms. The van der Waals surface area contributed by atoms with Gasteiger partial charge in [-0.2, -0.15) is 0 Å². The number of carbonyl (C=O) groups is 2. The Hall–Kier alpha value is -3.24. The van der Waals surface area contributed by atoms with Crippen LogP contribution in [0.15, 0.2) is 107 Å². The molecule has 156 valence electrons. The van der Waals surface area contributed by atoms with Crippen LogP contribution in [0.5, 0.6) is 0 Å². The maximum atomic E-state index is 13.6. The quantitative estimate of drug-likeness (QED) is 0.346. The highest BCUT2D eigenvalue weighted by molar-refractivity contribution is 9.10. The van der Waals surface area contributed by atoms with Gasteiger partial charge in [0, 0.05) is 16.3 Å². The fourth-order valence-corrected chi connectivity index (χ4v) is 5.92. The van der Waals surface area contributed by atoms with Gasteiger partial charge in [0.2, 0.25) is 11.8 Å². The summed E-state index contributed by atoms with van der Waals surface area (Å²) in [5, 5.41) is 0. The highest BCUT2D eigenvalue weighted by Crippen LogP contribution is 2.58. The number of nitrogens with zero attached hydrogens (tertiary/aromatic N) is 1. The molecule has 1 saturated heterocycles. The first-order chi connectivity index (χ1) is 15.6. The van der Waals surface area contributed by atoms with Crippen LogP contribution in [0, 0.1) is 23.7 Å². The Morgan fingerprint density at radius 2 is 1.12 bits per heavy atom. The molecule has 3 nitrogen and oxygen atoms in total. The molecular weight excluding hydrogens is 462 g/mol. The third-order valence-corrected chi connectivity index (χ3v) is 7.44. The van der Waals surface area contributed by atoms with Gasteiger partial charge < -0.3 is 0 Å². The van der Waals surface area contributed by atoms with Gasteiger partial charge >= 0.3 is 0 Å². The average molecular weight is 482 g/mol. The number of halogens is 1. The summed E-state index contributed by atoms with van der Waals surface area (Å²) in [4.78, 5) is 28.5. The lowest BCUT2D eigenvalue weighted by Gasteiger charge is -2.21. The topological polar surface area (TPSA) is 37.4 Å². The van der Waals surface area contributed by atoms with E-state index in [9.17, 15) is 9.59 Å². The zero-order valence-electron chi connectivity index (χ0n) is 17.2. The van der Waals surface area contributed by atoms with Crippen molar-refractivity contribution in [3.8, 4) is 0 Å². The number of benzene rings is 3. The van der Waals surface area contributed by atoms with Crippen LogP contribution in [0.2, 0.25) is 0 Å². The number of fused-ring (bicyclic) bond motifs is 5. The molecule has 0 spiro atoms. The van der Waals surface area contributed by atoms with Gasteiger partial charge in [-0.3, -0.25) is 9.59 Å². The molecule has 1 aliphatic heterocycles. The second-order valence-corrected chi connectivity index (χ2v) is 9.45. The Morgan fingerprint density at radius 3 is 1.59 bits per heavy atom. The lowest BCUT2D eigenvalue weighted by Crippen LogP contribution is -2.33. The van der Waals surface area contributed by atoms with Crippen molar-refractivity contribution in [2.45, 2.75) is 0 Å². The first-order valence-corrected chi connectivity index (χ1v) is 11.6. The van der Waals surface area contributed by atoms with Gasteiger partial charge in [-0.15, -0.1) is 0 Å². The second kappa shape index (κ2) is 7.42. The number of anilines is 1. The Balaban J connectivity index is 1.48. The molecule has 3 aromatic rings. The molecule has 3 aliphatic rings. The van der Waals surface area contributed by atoms with Crippen LogP contribution < -0.4 is 4.90 Å². The number of amides is 2. The Morgan fingerprint density at radius 1 is 0.656 bits per heavy atom. The van der Waals surface area contributed by atoms with Crippen LogP contribution >= 0.6 is 15.9 Å². The number of hydrogen-bond donors (Lipinski definition) is 0. The maximum Gasteiger partial charge on any atom is 0.238 e.